The summed E-state index contributed by atoms with van der Waals surface area (Å²) in [7, 11) is 0. The van der Waals surface area contributed by atoms with Gasteiger partial charge in [0.05, 0.1) is 0 Å². The van der Waals surface area contributed by atoms with Gasteiger partial charge in [0, 0.05) is 29.6 Å². The molecule has 0 spiro atoms. The first kappa shape index (κ1) is 13.0. The molecule has 0 aliphatic carbocycles. The fourth-order valence-corrected chi connectivity index (χ4v) is 1.70. The molecule has 96 valence electrons. The lowest BCUT2D eigenvalue weighted by atomic mass is 10.0. The highest BCUT2D eigenvalue weighted by Gasteiger charge is 2.07. The minimum Gasteiger partial charge on any atom is -0.507 e. The van der Waals surface area contributed by atoms with E-state index >= 15 is 0 Å². The number of carbonyl (C=O) groups is 1. The molecule has 0 fully saturated rings. The number of aliphatic hydroxyl groups is 1. The van der Waals surface area contributed by atoms with Crippen molar-refractivity contribution >= 4 is 11.5 Å². The Morgan fingerprint density at radius 3 is 2.58 bits per heavy atom. The van der Waals surface area contributed by atoms with Crippen molar-refractivity contribution in [2.75, 3.05) is 0 Å². The SMILES string of the molecule is Cc1ccc(C(=O)/C=C(\O)c2cccnc2)cc1C. The second-order valence-electron chi connectivity index (χ2n) is 4.43. The van der Waals surface area contributed by atoms with Gasteiger partial charge < -0.3 is 5.11 Å². The Labute approximate surface area is 112 Å². The van der Waals surface area contributed by atoms with Crippen LogP contribution in [-0.4, -0.2) is 15.9 Å². The van der Waals surface area contributed by atoms with Crippen LogP contribution in [0, 0.1) is 13.8 Å². The molecule has 1 aromatic carbocycles. The Morgan fingerprint density at radius 1 is 1.16 bits per heavy atom. The largest absolute Gasteiger partial charge is 0.507 e. The lowest BCUT2D eigenvalue weighted by molar-refractivity contribution is 0.104. The third kappa shape index (κ3) is 3.07. The summed E-state index contributed by atoms with van der Waals surface area (Å²) < 4.78 is 0. The number of allylic oxidation sites excluding steroid dienone is 1. The predicted molar refractivity (Wildman–Crippen MR) is 75.1 cm³/mol. The van der Waals surface area contributed by atoms with Crippen molar-refractivity contribution in [2.45, 2.75) is 13.8 Å². The number of rotatable bonds is 3. The van der Waals surface area contributed by atoms with Crippen molar-refractivity contribution in [2.24, 2.45) is 0 Å². The number of nitrogens with zero attached hydrogens (tertiary/aromatic N) is 1. The molecular weight excluding hydrogens is 238 g/mol. The molecule has 0 amide bonds. The van der Waals surface area contributed by atoms with Gasteiger partial charge in [-0.2, -0.15) is 0 Å². The fraction of sp³-hybridized carbons (Fsp3) is 0.125. The van der Waals surface area contributed by atoms with Gasteiger partial charge in [0.25, 0.3) is 0 Å². The molecular formula is C16H15NO2. The Kier molecular flexibility index (Phi) is 3.76. The number of hydrogen-bond donors (Lipinski definition) is 1. The van der Waals surface area contributed by atoms with Crippen molar-refractivity contribution in [1.29, 1.82) is 0 Å². The number of hydrogen-bond acceptors (Lipinski definition) is 3. The molecule has 1 aromatic heterocycles. The maximum atomic E-state index is 12.0. The van der Waals surface area contributed by atoms with E-state index < -0.39 is 0 Å². The zero-order valence-electron chi connectivity index (χ0n) is 10.9. The van der Waals surface area contributed by atoms with Gasteiger partial charge in [-0.1, -0.05) is 12.1 Å². The van der Waals surface area contributed by atoms with E-state index in [0.29, 0.717) is 11.1 Å². The van der Waals surface area contributed by atoms with Gasteiger partial charge >= 0.3 is 0 Å². The molecule has 19 heavy (non-hydrogen) atoms. The van der Waals surface area contributed by atoms with Crippen molar-refractivity contribution in [3.8, 4) is 0 Å². The highest BCUT2D eigenvalue weighted by atomic mass is 16.3. The van der Waals surface area contributed by atoms with E-state index in [1.165, 1.54) is 12.3 Å². The van der Waals surface area contributed by atoms with Crippen molar-refractivity contribution in [1.82, 2.24) is 4.98 Å². The number of carbonyl (C=O) groups excluding carboxylic acids is 1. The van der Waals surface area contributed by atoms with E-state index in [1.54, 1.807) is 24.4 Å². The van der Waals surface area contributed by atoms with Crippen LogP contribution < -0.4 is 0 Å². The molecule has 0 bridgehead atoms. The molecule has 0 aliphatic rings. The van der Waals surface area contributed by atoms with Crippen LogP contribution in [0.15, 0.2) is 48.8 Å². The topological polar surface area (TPSA) is 50.2 Å². The van der Waals surface area contributed by atoms with Gasteiger partial charge in [-0.3, -0.25) is 9.78 Å². The lowest BCUT2D eigenvalue weighted by Crippen LogP contribution is -1.98. The standard InChI is InChI=1S/C16H15NO2/c1-11-5-6-13(8-12(11)2)15(18)9-16(19)14-4-3-7-17-10-14/h3-10,19H,1-2H3/b16-9-. The number of aliphatic hydroxyl groups excluding tert-OH is 1. The molecule has 0 aliphatic heterocycles. The first-order chi connectivity index (χ1) is 9.08. The molecule has 1 heterocycles. The number of pyridine rings is 1. The quantitative estimate of drug-likeness (QED) is 0.517. The normalized spacial score (nSPS) is 11.4. The van der Waals surface area contributed by atoms with Crippen LogP contribution in [-0.2, 0) is 0 Å². The Hall–Kier alpha value is -2.42. The van der Waals surface area contributed by atoms with Crippen LogP contribution in [0.4, 0.5) is 0 Å². The summed E-state index contributed by atoms with van der Waals surface area (Å²) in [5.74, 6) is -0.291. The minimum absolute atomic E-state index is 0.0728. The zero-order valence-corrected chi connectivity index (χ0v) is 10.9. The monoisotopic (exact) mass is 253 g/mol. The highest BCUT2D eigenvalue weighted by molar-refractivity contribution is 6.07. The molecule has 1 N–H and O–H groups in total. The van der Waals surface area contributed by atoms with Gasteiger partial charge in [-0.05, 0) is 43.2 Å². The summed E-state index contributed by atoms with van der Waals surface area (Å²) in [5.41, 5.74) is 3.29. The van der Waals surface area contributed by atoms with Gasteiger partial charge in [0.2, 0.25) is 0 Å². The Morgan fingerprint density at radius 2 is 1.95 bits per heavy atom. The van der Waals surface area contributed by atoms with Crippen LogP contribution in [0.2, 0.25) is 0 Å². The Bertz CT molecular complexity index is 630. The number of benzene rings is 1. The molecule has 0 saturated heterocycles. The van der Waals surface area contributed by atoms with Gasteiger partial charge in [-0.25, -0.2) is 0 Å². The van der Waals surface area contributed by atoms with Crippen LogP contribution in [0.25, 0.3) is 5.76 Å². The lowest BCUT2D eigenvalue weighted by Gasteiger charge is -2.03. The predicted octanol–water partition coefficient (Wildman–Crippen LogP) is 3.48. The molecule has 0 unspecified atom stereocenters. The summed E-state index contributed by atoms with van der Waals surface area (Å²) in [6.45, 7) is 3.95. The smallest absolute Gasteiger partial charge is 0.189 e. The van der Waals surface area contributed by atoms with Crippen molar-refractivity contribution in [3.05, 3.63) is 71.1 Å². The molecule has 2 aromatic rings. The minimum atomic E-state index is -0.218. The molecule has 0 atom stereocenters. The first-order valence-electron chi connectivity index (χ1n) is 6.00. The van der Waals surface area contributed by atoms with E-state index in [9.17, 15) is 9.90 Å². The second kappa shape index (κ2) is 5.48. The van der Waals surface area contributed by atoms with E-state index in [-0.39, 0.29) is 11.5 Å². The van der Waals surface area contributed by atoms with Crippen molar-refractivity contribution < 1.29 is 9.90 Å². The molecule has 0 radical (unpaired) electrons. The third-order valence-electron chi connectivity index (χ3n) is 3.02. The average Bonchev–Trinajstić information content (AvgIpc) is 2.42. The average molecular weight is 253 g/mol. The Balaban J connectivity index is 2.27. The molecule has 2 rings (SSSR count). The van der Waals surface area contributed by atoms with Crippen LogP contribution in [0.3, 0.4) is 0 Å². The summed E-state index contributed by atoms with van der Waals surface area (Å²) in [5, 5.41) is 9.88. The maximum absolute atomic E-state index is 12.0. The van der Waals surface area contributed by atoms with Gasteiger partial charge in [0.1, 0.15) is 5.76 Å². The van der Waals surface area contributed by atoms with Crippen LogP contribution >= 0.6 is 0 Å². The van der Waals surface area contributed by atoms with Gasteiger partial charge in [0.15, 0.2) is 5.78 Å². The van der Waals surface area contributed by atoms with E-state index in [2.05, 4.69) is 4.98 Å². The number of aryl methyl sites for hydroxylation is 2. The van der Waals surface area contributed by atoms with Crippen LogP contribution in [0.1, 0.15) is 27.0 Å². The third-order valence-corrected chi connectivity index (χ3v) is 3.02. The molecule has 3 nitrogen and oxygen atoms in total. The van der Waals surface area contributed by atoms with E-state index in [4.69, 9.17) is 0 Å². The van der Waals surface area contributed by atoms with Gasteiger partial charge in [-0.15, -0.1) is 0 Å². The summed E-state index contributed by atoms with van der Waals surface area (Å²) in [6.07, 6.45) is 4.35. The maximum Gasteiger partial charge on any atom is 0.189 e. The van der Waals surface area contributed by atoms with Crippen molar-refractivity contribution in [3.63, 3.8) is 0 Å². The molecule has 0 saturated carbocycles. The number of ketones is 1. The summed E-state index contributed by atoms with van der Waals surface area (Å²) >= 11 is 0. The summed E-state index contributed by atoms with van der Waals surface area (Å²) in [4.78, 5) is 15.9. The van der Waals surface area contributed by atoms with E-state index in [1.807, 2.05) is 26.0 Å². The van der Waals surface area contributed by atoms with E-state index in [0.717, 1.165) is 11.1 Å². The number of aromatic nitrogens is 1. The zero-order chi connectivity index (χ0) is 13.8. The van der Waals surface area contributed by atoms with Crippen LogP contribution in [0.5, 0.6) is 0 Å². The molecule has 3 heteroatoms. The summed E-state index contributed by atoms with van der Waals surface area (Å²) in [6, 6.07) is 8.90. The second-order valence-corrected chi connectivity index (χ2v) is 4.43. The first-order valence-corrected chi connectivity index (χ1v) is 6.00. The fourth-order valence-electron chi connectivity index (χ4n) is 1.70. The highest BCUT2D eigenvalue weighted by Crippen LogP contribution is 2.14.